The Morgan fingerprint density at radius 2 is 0.970 bits per heavy atom. The van der Waals surface area contributed by atoms with Crippen molar-refractivity contribution in [3.8, 4) is 17.3 Å². The van der Waals surface area contributed by atoms with E-state index in [1.165, 1.54) is 22.7 Å². The minimum absolute atomic E-state index is 0.364. The van der Waals surface area contributed by atoms with Gasteiger partial charge in [0.2, 0.25) is 5.70 Å². The number of aryl methyl sites for hydroxylation is 2. The number of nitriles is 1. The van der Waals surface area contributed by atoms with Crippen LogP contribution in [-0.4, -0.2) is 32.6 Å². The van der Waals surface area contributed by atoms with Gasteiger partial charge in [0.1, 0.15) is 21.7 Å². The first kappa shape index (κ1) is 40.7. The van der Waals surface area contributed by atoms with E-state index in [9.17, 15) is 11.8 Å². The number of para-hydroxylation sites is 2. The van der Waals surface area contributed by atoms with Gasteiger partial charge in [0.05, 0.1) is 32.4 Å². The van der Waals surface area contributed by atoms with E-state index in [1.807, 2.05) is 60.7 Å². The zero-order valence-corrected chi connectivity index (χ0v) is 37.8. The molecule has 0 saturated heterocycles. The van der Waals surface area contributed by atoms with Crippen molar-refractivity contribution in [3.63, 3.8) is 0 Å². The summed E-state index contributed by atoms with van der Waals surface area (Å²) in [6, 6.07) is 69.6. The molecule has 0 spiro atoms. The molecule has 0 fully saturated rings. The van der Waals surface area contributed by atoms with E-state index in [-0.39, 0.29) is 6.85 Å². The summed E-state index contributed by atoms with van der Waals surface area (Å²) in [5, 5.41) is 16.4. The van der Waals surface area contributed by atoms with Gasteiger partial charge in [-0.1, -0.05) is 192 Å². The molecule has 0 aliphatic rings. The molecule has 0 radical (unpaired) electrons. The molecule has 10 heteroatoms. The van der Waals surface area contributed by atoms with E-state index in [0.29, 0.717) is 21.3 Å². The zero-order valence-electron chi connectivity index (χ0n) is 36.1. The molecule has 0 aliphatic heterocycles. The summed E-state index contributed by atoms with van der Waals surface area (Å²) in [5.74, 6) is 0. The number of rotatable bonds is 9. The summed E-state index contributed by atoms with van der Waals surface area (Å²) < 4.78 is 6.75. The summed E-state index contributed by atoms with van der Waals surface area (Å²) in [7, 11) is 0. The maximum atomic E-state index is 11.8. The average Bonchev–Trinajstić information content (AvgIpc) is 4.14. The highest BCUT2D eigenvalue weighted by Gasteiger charge is 2.36. The van der Waals surface area contributed by atoms with Crippen LogP contribution in [0.4, 0.5) is 0 Å². The minimum Gasteiger partial charge on any atom is -0.384 e. The van der Waals surface area contributed by atoms with E-state index >= 15 is 0 Å². The Hall–Kier alpha value is -8.01. The lowest BCUT2D eigenvalue weighted by Crippen LogP contribution is -2.54. The van der Waals surface area contributed by atoms with Crippen LogP contribution in [-0.2, 0) is 0 Å². The van der Waals surface area contributed by atoms with Crippen LogP contribution in [0.15, 0.2) is 194 Å². The lowest BCUT2D eigenvalue weighted by atomic mass is 9.50. The van der Waals surface area contributed by atoms with Gasteiger partial charge in [-0.25, -0.2) is 14.8 Å². The second-order valence-corrected chi connectivity index (χ2v) is 18.4. The van der Waals surface area contributed by atoms with Crippen LogP contribution in [0.1, 0.15) is 21.3 Å². The molecular formula is C56H38B2N6S2. The Morgan fingerprint density at radius 1 is 0.530 bits per heavy atom. The van der Waals surface area contributed by atoms with E-state index in [0.717, 1.165) is 86.3 Å². The molecule has 66 heavy (non-hydrogen) atoms. The van der Waals surface area contributed by atoms with Crippen molar-refractivity contribution in [1.29, 1.82) is 5.26 Å². The van der Waals surface area contributed by atoms with Crippen LogP contribution >= 0.6 is 22.7 Å². The van der Waals surface area contributed by atoms with E-state index in [4.69, 9.17) is 9.97 Å². The number of aromatic nitrogens is 4. The Kier molecular flexibility index (Phi) is 10.6. The Morgan fingerprint density at radius 3 is 1.45 bits per heavy atom. The summed E-state index contributed by atoms with van der Waals surface area (Å²) in [5.41, 5.74) is 10.7. The van der Waals surface area contributed by atoms with Crippen LogP contribution in [0.5, 0.6) is 0 Å². The summed E-state index contributed by atoms with van der Waals surface area (Å²) >= 11 is 3.06. The predicted molar refractivity (Wildman–Crippen MR) is 277 cm³/mol. The number of benzene rings is 7. The van der Waals surface area contributed by atoms with Crippen molar-refractivity contribution in [2.75, 3.05) is 0 Å². The highest BCUT2D eigenvalue weighted by molar-refractivity contribution is 7.20. The minimum atomic E-state index is -0.400. The van der Waals surface area contributed by atoms with Crippen molar-refractivity contribution in [1.82, 2.24) is 18.9 Å². The lowest BCUT2D eigenvalue weighted by molar-refractivity contribution is 1.07. The van der Waals surface area contributed by atoms with Crippen LogP contribution in [0.3, 0.4) is 0 Å². The molecule has 310 valence electrons. The van der Waals surface area contributed by atoms with Gasteiger partial charge in [0, 0.05) is 33.1 Å². The third kappa shape index (κ3) is 6.87. The number of fused-ring (bicyclic) bond motifs is 3. The molecule has 4 aromatic heterocycles. The highest BCUT2D eigenvalue weighted by Crippen LogP contribution is 2.36. The molecule has 7 aromatic carbocycles. The van der Waals surface area contributed by atoms with Crippen molar-refractivity contribution in [3.05, 3.63) is 238 Å². The van der Waals surface area contributed by atoms with Gasteiger partial charge in [-0.15, -0.1) is 22.7 Å². The fourth-order valence-corrected chi connectivity index (χ4v) is 11.5. The molecule has 0 aliphatic carbocycles. The second kappa shape index (κ2) is 17.2. The third-order valence-electron chi connectivity index (χ3n) is 12.5. The highest BCUT2D eigenvalue weighted by atomic mass is 32.1. The molecular weight excluding hydrogens is 842 g/mol. The maximum absolute atomic E-state index is 11.8. The van der Waals surface area contributed by atoms with Gasteiger partial charge in [-0.05, 0) is 43.7 Å². The predicted octanol–water partition coefficient (Wildman–Crippen LogP) is 9.05. The first-order valence-corrected chi connectivity index (χ1v) is 23.5. The fraction of sp³-hybridized carbons (Fsp3) is 0.0357. The van der Waals surface area contributed by atoms with Gasteiger partial charge in [0.15, 0.2) is 0 Å². The van der Waals surface area contributed by atoms with Gasteiger partial charge in [0.25, 0.3) is 0 Å². The normalized spacial score (nSPS) is 12.2. The van der Waals surface area contributed by atoms with E-state index in [1.54, 1.807) is 0 Å². The zero-order chi connectivity index (χ0) is 44.7. The van der Waals surface area contributed by atoms with Crippen LogP contribution < -0.4 is 32.5 Å². The SMILES string of the molecule is [C-]#[N+]/C(c1nc2ccccc2s1)=c1\c2c(C)n(B(c3ccccc3)c3ccccc3)/c(=C(/C#N)c3nc4ccccc4s3)c2c(-c2ccccc2C)n1B(c1ccccc1)c1ccccc1. The van der Waals surface area contributed by atoms with E-state index in [2.05, 4.69) is 167 Å². The summed E-state index contributed by atoms with van der Waals surface area (Å²) in [4.78, 5) is 14.9. The topological polar surface area (TPSA) is 63.8 Å². The van der Waals surface area contributed by atoms with Crippen molar-refractivity contribution >= 4 is 101 Å². The first-order valence-electron chi connectivity index (χ1n) is 21.8. The van der Waals surface area contributed by atoms with Crippen LogP contribution in [0.2, 0.25) is 0 Å². The smallest absolute Gasteiger partial charge is 0.327 e. The standard InChI is InChI=1S/C56H38B2N6S2/c1-37-22-16-17-31-43(37)52-50-49(54(51(60-3)56-62-46-33-19-21-35-48(46)66-56)64(52)58(41-27-12-6-13-28-41)42-29-14-7-15-30-42)38(2)63(57(39-23-8-4-9-24-39)40-25-10-5-11-26-40)53(50)44(36-59)55-61-45-32-18-20-34-47(45)65-55/h4-35H,1-2H3/b53-44-,54-51+. The van der Waals surface area contributed by atoms with E-state index < -0.39 is 6.85 Å². The summed E-state index contributed by atoms with van der Waals surface area (Å²) in [6.45, 7) is 12.8. The maximum Gasteiger partial charge on any atom is 0.327 e. The Balaban J connectivity index is 1.47. The number of hydrogen-bond acceptors (Lipinski definition) is 5. The lowest BCUT2D eigenvalue weighted by Gasteiger charge is -2.24. The quantitative estimate of drug-likeness (QED) is 0.108. The Labute approximate surface area is 391 Å². The second-order valence-electron chi connectivity index (χ2n) is 16.3. The number of thiazole rings is 2. The van der Waals surface area contributed by atoms with Crippen LogP contribution in [0.25, 0.3) is 58.6 Å². The largest absolute Gasteiger partial charge is 0.384 e. The van der Waals surface area contributed by atoms with Gasteiger partial charge in [-0.2, -0.15) is 5.26 Å². The first-order chi connectivity index (χ1) is 32.5. The Bertz CT molecular complexity index is 3580. The van der Waals surface area contributed by atoms with Gasteiger partial charge < -0.3 is 8.96 Å². The number of hydrogen-bond donors (Lipinski definition) is 0. The van der Waals surface area contributed by atoms with Crippen molar-refractivity contribution in [2.24, 2.45) is 0 Å². The van der Waals surface area contributed by atoms with Gasteiger partial charge in [-0.3, -0.25) is 0 Å². The molecule has 11 aromatic rings. The monoisotopic (exact) mass is 880 g/mol. The number of nitrogens with zero attached hydrogens (tertiary/aromatic N) is 6. The molecule has 11 rings (SSSR count). The molecule has 0 unspecified atom stereocenters. The molecule has 0 atom stereocenters. The third-order valence-corrected chi connectivity index (χ3v) is 14.6. The van der Waals surface area contributed by atoms with Crippen molar-refractivity contribution < 1.29 is 0 Å². The molecule has 0 bridgehead atoms. The summed E-state index contributed by atoms with van der Waals surface area (Å²) in [6.07, 6.45) is 0. The average molecular weight is 881 g/mol. The molecule has 6 nitrogen and oxygen atoms in total. The molecule has 0 saturated carbocycles. The molecule has 0 N–H and O–H groups in total. The van der Waals surface area contributed by atoms with Crippen molar-refractivity contribution in [2.45, 2.75) is 13.8 Å². The van der Waals surface area contributed by atoms with Crippen LogP contribution in [0, 0.1) is 31.8 Å². The van der Waals surface area contributed by atoms with Gasteiger partial charge >= 0.3 is 13.7 Å². The molecule has 4 heterocycles. The molecule has 0 amide bonds. The fourth-order valence-electron chi connectivity index (χ4n) is 9.62.